The summed E-state index contributed by atoms with van der Waals surface area (Å²) < 4.78 is 13.6. The maximum Gasteiger partial charge on any atom is 0.348 e. The highest BCUT2D eigenvalue weighted by Crippen LogP contribution is 2.75. The van der Waals surface area contributed by atoms with Crippen LogP contribution in [0.1, 0.15) is 46.5 Å². The minimum Gasteiger partial charge on any atom is -0.463 e. The van der Waals surface area contributed by atoms with E-state index >= 15 is 9.59 Å². The van der Waals surface area contributed by atoms with Crippen molar-refractivity contribution in [3.63, 3.8) is 0 Å². The van der Waals surface area contributed by atoms with Crippen molar-refractivity contribution in [1.29, 1.82) is 0 Å². The zero-order chi connectivity index (χ0) is 37.1. The van der Waals surface area contributed by atoms with Gasteiger partial charge in [0.15, 0.2) is 11.4 Å². The van der Waals surface area contributed by atoms with Gasteiger partial charge in [-0.05, 0) is 84.1 Å². The van der Waals surface area contributed by atoms with Crippen LogP contribution >= 0.6 is 27.7 Å². The number of ketones is 1. The highest BCUT2D eigenvalue weighted by atomic mass is 79.9. The minimum atomic E-state index is -1.88. The summed E-state index contributed by atoms with van der Waals surface area (Å²) in [6.45, 7) is 4.49. The van der Waals surface area contributed by atoms with Crippen molar-refractivity contribution in [1.82, 2.24) is 0 Å². The average molecular weight is 791 g/mol. The monoisotopic (exact) mass is 789 g/mol. The third-order valence-corrected chi connectivity index (χ3v) is 13.0. The van der Waals surface area contributed by atoms with Crippen LogP contribution < -0.4 is 4.90 Å². The predicted molar refractivity (Wildman–Crippen MR) is 217 cm³/mol. The van der Waals surface area contributed by atoms with Gasteiger partial charge in [-0.25, -0.2) is 4.79 Å². The Bertz CT molecular complexity index is 2410. The van der Waals surface area contributed by atoms with E-state index in [4.69, 9.17) is 9.47 Å². The molecule has 6 aromatic carbocycles. The number of halogens is 1. The predicted octanol–water partition coefficient (Wildman–Crippen LogP) is 10.8. The Morgan fingerprint density at radius 1 is 0.704 bits per heavy atom. The molecule has 3 heterocycles. The number of anilines is 1. The molecule has 0 saturated carbocycles. The van der Waals surface area contributed by atoms with Gasteiger partial charge in [0.05, 0.1) is 23.6 Å². The number of rotatable bonds is 8. The lowest BCUT2D eigenvalue weighted by molar-refractivity contribution is -0.176. The molecule has 0 aliphatic carbocycles. The first-order valence-electron chi connectivity index (χ1n) is 18.2. The zero-order valence-corrected chi connectivity index (χ0v) is 32.2. The number of fused-ring (bicyclic) bond motifs is 4. The Labute approximate surface area is 327 Å². The molecule has 9 rings (SSSR count). The van der Waals surface area contributed by atoms with Crippen LogP contribution in [0.4, 0.5) is 5.69 Å². The third-order valence-electron chi connectivity index (χ3n) is 10.9. The van der Waals surface area contributed by atoms with Gasteiger partial charge in [-0.2, -0.15) is 0 Å². The molecule has 7 heteroatoms. The SMILES string of the molecule is CCOC(=O)[C@@]12O[C@@]3(C(=C1C(=O)c1ccc(Br)cc1)N(CC)c1ccccc1SC3(c1ccccc1)c1ccccc1)c1cc(-c3ccccc3)ccc12. The fourth-order valence-electron chi connectivity index (χ4n) is 8.74. The first kappa shape index (κ1) is 34.6. The van der Waals surface area contributed by atoms with E-state index in [9.17, 15) is 0 Å². The number of carbonyl (C=O) groups excluding carboxylic acids is 2. The van der Waals surface area contributed by atoms with Gasteiger partial charge in [0.2, 0.25) is 5.60 Å². The molecular formula is C47H36BrNO4S. The number of hydrogen-bond acceptors (Lipinski definition) is 6. The molecule has 5 nitrogen and oxygen atoms in total. The van der Waals surface area contributed by atoms with Crippen molar-refractivity contribution in [2.45, 2.75) is 34.7 Å². The van der Waals surface area contributed by atoms with Gasteiger partial charge >= 0.3 is 5.97 Å². The molecule has 0 fully saturated rings. The fourth-order valence-corrected chi connectivity index (χ4v) is 10.7. The van der Waals surface area contributed by atoms with E-state index in [2.05, 4.69) is 88.4 Å². The van der Waals surface area contributed by atoms with Crippen molar-refractivity contribution >= 4 is 45.1 Å². The lowest BCUT2D eigenvalue weighted by Gasteiger charge is -2.48. The Kier molecular flexibility index (Phi) is 8.49. The van der Waals surface area contributed by atoms with Crippen LogP contribution in [0.5, 0.6) is 0 Å². The Morgan fingerprint density at radius 3 is 1.94 bits per heavy atom. The molecule has 2 bridgehead atoms. The normalized spacial score (nSPS) is 20.5. The van der Waals surface area contributed by atoms with Crippen LogP contribution in [0.2, 0.25) is 0 Å². The number of thioether (sulfide) groups is 1. The third kappa shape index (κ3) is 4.75. The van der Waals surface area contributed by atoms with Gasteiger partial charge < -0.3 is 14.4 Å². The summed E-state index contributed by atoms with van der Waals surface area (Å²) in [7, 11) is 0. The highest BCUT2D eigenvalue weighted by molar-refractivity contribution is 9.10. The quantitative estimate of drug-likeness (QED) is 0.113. The lowest BCUT2D eigenvalue weighted by atomic mass is 9.64. The highest BCUT2D eigenvalue weighted by Gasteiger charge is 2.78. The molecule has 0 radical (unpaired) electrons. The number of likely N-dealkylation sites (N-methyl/N-ethyl adjacent to an activating group) is 1. The smallest absolute Gasteiger partial charge is 0.348 e. The standard InChI is InChI=1S/C47H36BrNO4S/c1-3-49-39-22-14-15-23-40(39)54-47(34-18-10-6-11-19-34,35-20-12-7-13-21-35)46-38-30-33(31-16-8-5-9-17-31)26-29-37(38)45(53-46,44(51)52-4-2)41(43(46)49)42(50)32-24-27-36(48)28-25-32/h5-30H,3-4H2,1-2H3/t45-,46+/m0/s1. The molecule has 1 spiro atoms. The molecule has 266 valence electrons. The summed E-state index contributed by atoms with van der Waals surface area (Å²) in [6.07, 6.45) is 0. The van der Waals surface area contributed by atoms with E-state index in [-0.39, 0.29) is 18.0 Å². The summed E-state index contributed by atoms with van der Waals surface area (Å²) in [6, 6.07) is 52.8. The van der Waals surface area contributed by atoms with E-state index in [1.807, 2.05) is 84.9 Å². The minimum absolute atomic E-state index is 0.112. The first-order chi connectivity index (χ1) is 26.4. The number of hydrogen-bond donors (Lipinski definition) is 0. The number of benzene rings is 6. The van der Waals surface area contributed by atoms with Crippen molar-refractivity contribution < 1.29 is 19.1 Å². The second-order valence-corrected chi connectivity index (χ2v) is 15.8. The molecule has 54 heavy (non-hydrogen) atoms. The zero-order valence-electron chi connectivity index (χ0n) is 29.8. The second-order valence-electron chi connectivity index (χ2n) is 13.6. The van der Waals surface area contributed by atoms with Crippen LogP contribution in [-0.4, -0.2) is 24.9 Å². The molecule has 6 aromatic rings. The van der Waals surface area contributed by atoms with Crippen molar-refractivity contribution in [2.75, 3.05) is 18.1 Å². The van der Waals surface area contributed by atoms with Crippen LogP contribution in [0.15, 0.2) is 178 Å². The molecule has 0 amide bonds. The second kappa shape index (κ2) is 13.3. The molecule has 0 unspecified atom stereocenters. The number of ether oxygens (including phenoxy) is 2. The Morgan fingerprint density at radius 2 is 1.31 bits per heavy atom. The van der Waals surface area contributed by atoms with E-state index in [0.29, 0.717) is 23.4 Å². The van der Waals surface area contributed by atoms with E-state index in [0.717, 1.165) is 42.9 Å². The number of esters is 1. The van der Waals surface area contributed by atoms with E-state index in [1.54, 1.807) is 30.8 Å². The van der Waals surface area contributed by atoms with Gasteiger partial charge in [0.25, 0.3) is 0 Å². The van der Waals surface area contributed by atoms with Crippen molar-refractivity contribution in [2.24, 2.45) is 0 Å². The number of Topliss-reactive ketones (excluding diaryl/α,β-unsaturated/α-hetero) is 1. The number of para-hydroxylation sites is 1. The average Bonchev–Trinajstić information content (AvgIpc) is 3.67. The summed E-state index contributed by atoms with van der Waals surface area (Å²) in [5, 5.41) is 0. The largest absolute Gasteiger partial charge is 0.463 e. The van der Waals surface area contributed by atoms with Crippen LogP contribution in [0.25, 0.3) is 11.1 Å². The maximum absolute atomic E-state index is 15.6. The maximum atomic E-state index is 15.6. The molecule has 0 N–H and O–H groups in total. The summed E-state index contributed by atoms with van der Waals surface area (Å²) in [4.78, 5) is 33.9. The van der Waals surface area contributed by atoms with Gasteiger partial charge in [0.1, 0.15) is 4.75 Å². The molecule has 0 saturated heterocycles. The fraction of sp³-hybridized carbons (Fsp3) is 0.149. The Hall–Kier alpha value is -5.21. The van der Waals surface area contributed by atoms with Gasteiger partial charge in [-0.3, -0.25) is 4.79 Å². The first-order valence-corrected chi connectivity index (χ1v) is 19.8. The van der Waals surface area contributed by atoms with Crippen molar-refractivity contribution in [3.8, 4) is 11.1 Å². The number of carbonyl (C=O) groups is 2. The van der Waals surface area contributed by atoms with Crippen LogP contribution in [-0.2, 0) is 30.2 Å². The molecule has 2 atom stereocenters. The van der Waals surface area contributed by atoms with Crippen molar-refractivity contribution in [3.05, 3.63) is 201 Å². The molecule has 3 aliphatic rings. The lowest BCUT2D eigenvalue weighted by Crippen LogP contribution is -2.51. The topological polar surface area (TPSA) is 55.8 Å². The van der Waals surface area contributed by atoms with E-state index < -0.39 is 21.9 Å². The van der Waals surface area contributed by atoms with Gasteiger partial charge in [-0.1, -0.05) is 131 Å². The summed E-state index contributed by atoms with van der Waals surface area (Å²) in [5.74, 6) is -0.899. The van der Waals surface area contributed by atoms with E-state index in [1.165, 1.54) is 0 Å². The number of nitrogens with zero attached hydrogens (tertiary/aromatic N) is 1. The van der Waals surface area contributed by atoms with Gasteiger partial charge in [0, 0.05) is 27.0 Å². The van der Waals surface area contributed by atoms with Crippen LogP contribution in [0.3, 0.4) is 0 Å². The van der Waals surface area contributed by atoms with Crippen LogP contribution in [0, 0.1) is 0 Å². The molecule has 0 aromatic heterocycles. The summed E-state index contributed by atoms with van der Waals surface area (Å²) in [5.41, 5.74) is 4.39. The summed E-state index contributed by atoms with van der Waals surface area (Å²) >= 11 is 5.26. The Balaban J connectivity index is 1.52. The van der Waals surface area contributed by atoms with Gasteiger partial charge in [-0.15, -0.1) is 11.8 Å². The molecular weight excluding hydrogens is 754 g/mol. The molecule has 3 aliphatic heterocycles.